The molecule has 1 aromatic carbocycles. The number of aromatic nitrogens is 1. The van der Waals surface area contributed by atoms with Gasteiger partial charge in [-0.15, -0.1) is 0 Å². The molecule has 3 rings (SSSR count). The lowest BCUT2D eigenvalue weighted by atomic mass is 9.95. The monoisotopic (exact) mass is 341 g/mol. The first-order chi connectivity index (χ1) is 12.2. The number of nitrogens with one attached hydrogen (secondary N) is 1. The summed E-state index contributed by atoms with van der Waals surface area (Å²) in [6, 6.07) is 12.4. The Labute approximate surface area is 150 Å². The van der Waals surface area contributed by atoms with Crippen LogP contribution in [0.15, 0.2) is 42.6 Å². The second-order valence-electron chi connectivity index (χ2n) is 6.96. The van der Waals surface area contributed by atoms with E-state index in [2.05, 4.69) is 46.4 Å². The van der Waals surface area contributed by atoms with Crippen molar-refractivity contribution in [2.24, 2.45) is 0 Å². The number of nitrogens with zero attached hydrogens (tertiary/aromatic N) is 2. The summed E-state index contributed by atoms with van der Waals surface area (Å²) < 4.78 is 13.1. The summed E-state index contributed by atoms with van der Waals surface area (Å²) in [7, 11) is 0. The lowest BCUT2D eigenvalue weighted by molar-refractivity contribution is 0.221. The number of fused-ring (bicyclic) bond motifs is 1. The average Bonchev–Trinajstić information content (AvgIpc) is 2.63. The third-order valence-corrected chi connectivity index (χ3v) is 4.90. The Kier molecular flexibility index (Phi) is 6.54. The Morgan fingerprint density at radius 1 is 1.16 bits per heavy atom. The summed E-state index contributed by atoms with van der Waals surface area (Å²) in [5, 5.41) is 3.67. The van der Waals surface area contributed by atoms with E-state index < -0.39 is 0 Å². The zero-order valence-corrected chi connectivity index (χ0v) is 15.0. The van der Waals surface area contributed by atoms with Crippen LogP contribution in [-0.2, 0) is 19.5 Å². The molecule has 0 unspecified atom stereocenters. The molecular weight excluding hydrogens is 313 g/mol. The summed E-state index contributed by atoms with van der Waals surface area (Å²) in [6.07, 6.45) is 6.04. The second kappa shape index (κ2) is 9.07. The average molecular weight is 341 g/mol. The highest BCUT2D eigenvalue weighted by molar-refractivity contribution is 5.30. The summed E-state index contributed by atoms with van der Waals surface area (Å²) >= 11 is 0. The van der Waals surface area contributed by atoms with Crippen LogP contribution in [0, 0.1) is 5.82 Å². The molecule has 0 spiro atoms. The summed E-state index contributed by atoms with van der Waals surface area (Å²) in [4.78, 5) is 6.70. The van der Waals surface area contributed by atoms with Crippen molar-refractivity contribution in [3.63, 3.8) is 0 Å². The van der Waals surface area contributed by atoms with Crippen LogP contribution in [0.1, 0.15) is 43.0 Å². The topological polar surface area (TPSA) is 28.2 Å². The van der Waals surface area contributed by atoms with Gasteiger partial charge in [-0.3, -0.25) is 9.88 Å². The third kappa shape index (κ3) is 5.35. The molecule has 1 N–H and O–H groups in total. The minimum Gasteiger partial charge on any atom is -0.308 e. The van der Waals surface area contributed by atoms with Gasteiger partial charge in [0.15, 0.2) is 0 Å². The van der Waals surface area contributed by atoms with E-state index in [0.29, 0.717) is 6.04 Å². The van der Waals surface area contributed by atoms with E-state index in [4.69, 9.17) is 0 Å². The fourth-order valence-corrected chi connectivity index (χ4v) is 3.51. The molecule has 2 aromatic rings. The van der Waals surface area contributed by atoms with Gasteiger partial charge in [0.05, 0.1) is 11.9 Å². The van der Waals surface area contributed by atoms with E-state index in [1.807, 2.05) is 0 Å². The molecule has 0 aliphatic carbocycles. The third-order valence-electron chi connectivity index (χ3n) is 4.90. The van der Waals surface area contributed by atoms with Crippen LogP contribution in [0.2, 0.25) is 0 Å². The van der Waals surface area contributed by atoms with E-state index in [1.165, 1.54) is 42.7 Å². The number of rotatable bonds is 8. The lowest BCUT2D eigenvalue weighted by Crippen LogP contribution is -2.44. The summed E-state index contributed by atoms with van der Waals surface area (Å²) in [5.41, 5.74) is 3.81. The largest absolute Gasteiger partial charge is 0.308 e. The Bertz CT molecular complexity index is 656. The van der Waals surface area contributed by atoms with Crippen molar-refractivity contribution >= 4 is 0 Å². The summed E-state index contributed by atoms with van der Waals surface area (Å²) in [5.74, 6) is -0.271. The number of pyridine rings is 1. The highest BCUT2D eigenvalue weighted by atomic mass is 19.1. The number of hydrogen-bond donors (Lipinski definition) is 1. The second-order valence-corrected chi connectivity index (χ2v) is 6.96. The lowest BCUT2D eigenvalue weighted by Gasteiger charge is -2.31. The maximum atomic E-state index is 13.1. The van der Waals surface area contributed by atoms with Gasteiger partial charge < -0.3 is 5.32 Å². The molecule has 0 fully saturated rings. The Balaban J connectivity index is 1.62. The first-order valence-electron chi connectivity index (χ1n) is 9.37. The fraction of sp³-hybridized carbons (Fsp3) is 0.476. The molecule has 0 bridgehead atoms. The van der Waals surface area contributed by atoms with E-state index in [1.54, 1.807) is 6.07 Å². The molecule has 0 radical (unpaired) electrons. The van der Waals surface area contributed by atoms with Crippen LogP contribution in [0.3, 0.4) is 0 Å². The SMILES string of the molecule is CCCCCN(Cc1ccc(F)cn1)C[C@H]1Cc2ccccc2CN1. The highest BCUT2D eigenvalue weighted by Crippen LogP contribution is 2.17. The molecule has 3 nitrogen and oxygen atoms in total. The predicted octanol–water partition coefficient (Wildman–Crippen LogP) is 3.93. The highest BCUT2D eigenvalue weighted by Gasteiger charge is 2.20. The smallest absolute Gasteiger partial charge is 0.141 e. The molecule has 0 amide bonds. The van der Waals surface area contributed by atoms with Crippen LogP contribution < -0.4 is 5.32 Å². The van der Waals surface area contributed by atoms with Gasteiger partial charge in [0, 0.05) is 25.7 Å². The molecule has 0 saturated heterocycles. The van der Waals surface area contributed by atoms with E-state index in [0.717, 1.165) is 38.3 Å². The first-order valence-corrected chi connectivity index (χ1v) is 9.37. The number of halogens is 1. The molecular formula is C21H28FN3. The fourth-order valence-electron chi connectivity index (χ4n) is 3.51. The van der Waals surface area contributed by atoms with Crippen LogP contribution in [-0.4, -0.2) is 29.0 Å². The number of hydrogen-bond acceptors (Lipinski definition) is 3. The van der Waals surface area contributed by atoms with Crippen molar-refractivity contribution in [2.45, 2.75) is 51.7 Å². The molecule has 1 atom stereocenters. The van der Waals surface area contributed by atoms with Crippen molar-refractivity contribution in [3.05, 3.63) is 65.2 Å². The molecule has 1 aliphatic rings. The number of unbranched alkanes of at least 4 members (excludes halogenated alkanes) is 2. The van der Waals surface area contributed by atoms with Gasteiger partial charge in [-0.25, -0.2) is 4.39 Å². The van der Waals surface area contributed by atoms with Gasteiger partial charge in [0.25, 0.3) is 0 Å². The van der Waals surface area contributed by atoms with Crippen LogP contribution >= 0.6 is 0 Å². The van der Waals surface area contributed by atoms with Crippen LogP contribution in [0.4, 0.5) is 4.39 Å². The Hall–Kier alpha value is -1.78. The molecule has 25 heavy (non-hydrogen) atoms. The van der Waals surface area contributed by atoms with Gasteiger partial charge in [-0.2, -0.15) is 0 Å². The molecule has 0 saturated carbocycles. The first kappa shape index (κ1) is 18.0. The van der Waals surface area contributed by atoms with Crippen molar-refractivity contribution in [3.8, 4) is 0 Å². The van der Waals surface area contributed by atoms with E-state index in [9.17, 15) is 4.39 Å². The van der Waals surface area contributed by atoms with Gasteiger partial charge in [-0.05, 0) is 42.6 Å². The maximum Gasteiger partial charge on any atom is 0.141 e. The van der Waals surface area contributed by atoms with Crippen LogP contribution in [0.5, 0.6) is 0 Å². The zero-order valence-electron chi connectivity index (χ0n) is 15.0. The van der Waals surface area contributed by atoms with Crippen molar-refractivity contribution in [2.75, 3.05) is 13.1 Å². The van der Waals surface area contributed by atoms with Gasteiger partial charge in [0.1, 0.15) is 5.82 Å². The van der Waals surface area contributed by atoms with Gasteiger partial charge in [-0.1, -0.05) is 44.0 Å². The number of benzene rings is 1. The Morgan fingerprint density at radius 2 is 2.00 bits per heavy atom. The molecule has 4 heteroatoms. The van der Waals surface area contributed by atoms with Gasteiger partial charge in [0.2, 0.25) is 0 Å². The minimum absolute atomic E-state index is 0.271. The minimum atomic E-state index is -0.271. The van der Waals surface area contributed by atoms with Crippen molar-refractivity contribution in [1.82, 2.24) is 15.2 Å². The Morgan fingerprint density at radius 3 is 2.76 bits per heavy atom. The molecule has 1 aliphatic heterocycles. The normalized spacial score (nSPS) is 16.8. The van der Waals surface area contributed by atoms with Crippen molar-refractivity contribution in [1.29, 1.82) is 0 Å². The summed E-state index contributed by atoms with van der Waals surface area (Å²) in [6.45, 7) is 6.01. The molecule has 2 heterocycles. The quantitative estimate of drug-likeness (QED) is 0.738. The predicted molar refractivity (Wildman–Crippen MR) is 99.8 cm³/mol. The van der Waals surface area contributed by atoms with Crippen molar-refractivity contribution < 1.29 is 4.39 Å². The standard InChI is InChI=1S/C21H28FN3/c1-2-3-6-11-25(15-20-10-9-19(22)14-24-20)16-21-12-17-7-4-5-8-18(17)13-23-21/h4-5,7-10,14,21,23H,2-3,6,11-13,15-16H2,1H3/t21-/m1/s1. The zero-order chi connectivity index (χ0) is 17.5. The maximum absolute atomic E-state index is 13.1. The van der Waals surface area contributed by atoms with Crippen LogP contribution in [0.25, 0.3) is 0 Å². The molecule has 1 aromatic heterocycles. The molecule has 134 valence electrons. The van der Waals surface area contributed by atoms with E-state index in [-0.39, 0.29) is 5.82 Å². The van der Waals surface area contributed by atoms with E-state index >= 15 is 0 Å². The van der Waals surface area contributed by atoms with Gasteiger partial charge >= 0.3 is 0 Å².